The monoisotopic (exact) mass is 1520 g/mol. The van der Waals surface area contributed by atoms with Gasteiger partial charge in [0.25, 0.3) is 0 Å². The molecule has 0 saturated heterocycles. The standard InChI is InChI=1S/C85H166O17P2/c1-6-10-13-16-19-22-24-26-27-28-29-30-34-37-41-44-49-54-59-64-69-83(88)96-75-81(102-85(90)71-66-61-56-51-46-42-38-35-32-31-33-36-40-43-48-52-57-62-67-78(5)9-4)77-100-104(93,94)98-73-79(86)72-97-103(91,92)99-76-80(74-95-82(87)68-63-58-53-47-21-18-15-12-8-3)101-84(89)70-65-60-55-50-45-39-25-23-20-17-14-11-7-2/h78-81,86H,6-77H2,1-5H3,(H,91,92)(H,93,94)/t78?,79-,80+,81+/m0/s1. The summed E-state index contributed by atoms with van der Waals surface area (Å²) in [7, 11) is -9.92. The Morgan fingerprint density at radius 2 is 0.462 bits per heavy atom. The maximum absolute atomic E-state index is 13.1. The average molecular weight is 1520 g/mol. The van der Waals surface area contributed by atoms with Crippen LogP contribution < -0.4 is 0 Å². The average Bonchev–Trinajstić information content (AvgIpc) is 0.926. The van der Waals surface area contributed by atoms with E-state index in [4.69, 9.17) is 37.0 Å². The molecule has 0 aliphatic heterocycles. The van der Waals surface area contributed by atoms with Gasteiger partial charge >= 0.3 is 39.5 Å². The van der Waals surface area contributed by atoms with Gasteiger partial charge in [-0.05, 0) is 31.6 Å². The molecule has 3 unspecified atom stereocenters. The van der Waals surface area contributed by atoms with Crippen LogP contribution in [0, 0.1) is 5.92 Å². The Labute approximate surface area is 638 Å². The number of hydrogen-bond acceptors (Lipinski definition) is 15. The Kier molecular flexibility index (Phi) is 76.3. The summed E-state index contributed by atoms with van der Waals surface area (Å²) in [6.07, 6.45) is 70.8. The predicted octanol–water partition coefficient (Wildman–Crippen LogP) is 26.0. The van der Waals surface area contributed by atoms with Gasteiger partial charge in [-0.3, -0.25) is 37.3 Å². The lowest BCUT2D eigenvalue weighted by atomic mass is 9.99. The lowest BCUT2D eigenvalue weighted by Gasteiger charge is -2.21. The second-order valence-corrected chi connectivity index (χ2v) is 33.7. The number of aliphatic hydroxyl groups is 1. The van der Waals surface area contributed by atoms with Crippen molar-refractivity contribution in [1.82, 2.24) is 0 Å². The number of carbonyl (C=O) groups excluding carboxylic acids is 4. The van der Waals surface area contributed by atoms with Crippen LogP contribution >= 0.6 is 15.6 Å². The quantitative estimate of drug-likeness (QED) is 0.0222. The van der Waals surface area contributed by atoms with Crippen molar-refractivity contribution in [2.75, 3.05) is 39.6 Å². The highest BCUT2D eigenvalue weighted by Gasteiger charge is 2.30. The van der Waals surface area contributed by atoms with Crippen LogP contribution in [0.15, 0.2) is 0 Å². The van der Waals surface area contributed by atoms with Crippen molar-refractivity contribution in [3.05, 3.63) is 0 Å². The number of phosphoric ester groups is 2. The van der Waals surface area contributed by atoms with Gasteiger partial charge in [0, 0.05) is 25.7 Å². The minimum atomic E-state index is -4.96. The first kappa shape index (κ1) is 102. The molecule has 3 N–H and O–H groups in total. The van der Waals surface area contributed by atoms with E-state index in [0.29, 0.717) is 25.7 Å². The first-order valence-electron chi connectivity index (χ1n) is 44.2. The highest BCUT2D eigenvalue weighted by molar-refractivity contribution is 7.47. The third-order valence-electron chi connectivity index (χ3n) is 20.4. The molecule has 0 aliphatic carbocycles. The fourth-order valence-electron chi connectivity index (χ4n) is 13.3. The van der Waals surface area contributed by atoms with Crippen molar-refractivity contribution in [2.24, 2.45) is 5.92 Å². The van der Waals surface area contributed by atoms with Gasteiger partial charge in [-0.1, -0.05) is 407 Å². The van der Waals surface area contributed by atoms with E-state index in [1.165, 1.54) is 283 Å². The minimum absolute atomic E-state index is 0.108. The summed E-state index contributed by atoms with van der Waals surface area (Å²) < 4.78 is 68.8. The number of unbranched alkanes of at least 4 members (excludes halogenated alkanes) is 56. The molecule has 104 heavy (non-hydrogen) atoms. The van der Waals surface area contributed by atoms with Gasteiger partial charge in [0.2, 0.25) is 0 Å². The first-order chi connectivity index (χ1) is 50.6. The van der Waals surface area contributed by atoms with Crippen LogP contribution in [0.4, 0.5) is 0 Å². The molecule has 17 nitrogen and oxygen atoms in total. The van der Waals surface area contributed by atoms with E-state index in [1.807, 2.05) is 0 Å². The van der Waals surface area contributed by atoms with E-state index in [0.717, 1.165) is 95.8 Å². The Balaban J connectivity index is 5.19. The molecule has 19 heteroatoms. The van der Waals surface area contributed by atoms with Crippen molar-refractivity contribution >= 4 is 39.5 Å². The minimum Gasteiger partial charge on any atom is -0.462 e. The van der Waals surface area contributed by atoms with Crippen LogP contribution in [0.3, 0.4) is 0 Å². The van der Waals surface area contributed by atoms with E-state index < -0.39 is 97.5 Å². The SMILES string of the molecule is CCCCCCCCCCCCCCCCCCCCCCC(=O)OC[C@H](COP(=O)(O)OC[C@@H](O)COP(=O)(O)OC[C@@H](COC(=O)CCCCCCCCCCC)OC(=O)CCCCCCCCCCCCCCC)OC(=O)CCCCCCCCCCCCCCCCCCCCC(C)CC. The van der Waals surface area contributed by atoms with Crippen LogP contribution in [0.25, 0.3) is 0 Å². The summed E-state index contributed by atoms with van der Waals surface area (Å²) in [5.74, 6) is -1.23. The summed E-state index contributed by atoms with van der Waals surface area (Å²) in [4.78, 5) is 73.1. The summed E-state index contributed by atoms with van der Waals surface area (Å²) in [6, 6.07) is 0. The van der Waals surface area contributed by atoms with E-state index in [-0.39, 0.29) is 25.7 Å². The summed E-state index contributed by atoms with van der Waals surface area (Å²) in [5.41, 5.74) is 0. The third kappa shape index (κ3) is 76.8. The molecular formula is C85H166O17P2. The van der Waals surface area contributed by atoms with Crippen molar-refractivity contribution in [1.29, 1.82) is 0 Å². The largest absolute Gasteiger partial charge is 0.472 e. The van der Waals surface area contributed by atoms with Crippen LogP contribution in [0.2, 0.25) is 0 Å². The summed E-state index contributed by atoms with van der Waals surface area (Å²) in [6.45, 7) is 7.40. The Bertz CT molecular complexity index is 1980. The molecule has 0 aromatic heterocycles. The molecule has 0 bridgehead atoms. The maximum Gasteiger partial charge on any atom is 0.472 e. The Hall–Kier alpha value is -1.94. The van der Waals surface area contributed by atoms with Crippen LogP contribution in [0.1, 0.15) is 458 Å². The van der Waals surface area contributed by atoms with Gasteiger partial charge in [0.1, 0.15) is 19.3 Å². The molecule has 0 aromatic carbocycles. The highest BCUT2D eigenvalue weighted by atomic mass is 31.2. The smallest absolute Gasteiger partial charge is 0.462 e. The number of aliphatic hydroxyl groups excluding tert-OH is 1. The van der Waals surface area contributed by atoms with Gasteiger partial charge in [0.05, 0.1) is 26.4 Å². The second kappa shape index (κ2) is 77.8. The molecule has 0 amide bonds. The van der Waals surface area contributed by atoms with Gasteiger partial charge in [-0.25, -0.2) is 9.13 Å². The summed E-state index contributed by atoms with van der Waals surface area (Å²) in [5, 5.41) is 10.7. The van der Waals surface area contributed by atoms with E-state index in [2.05, 4.69) is 34.6 Å². The number of rotatable bonds is 85. The van der Waals surface area contributed by atoms with Crippen molar-refractivity contribution in [3.63, 3.8) is 0 Å². The molecule has 0 radical (unpaired) electrons. The van der Waals surface area contributed by atoms with Crippen molar-refractivity contribution in [3.8, 4) is 0 Å². The molecule has 0 fully saturated rings. The van der Waals surface area contributed by atoms with Gasteiger partial charge in [-0.2, -0.15) is 0 Å². The zero-order chi connectivity index (χ0) is 76.2. The first-order valence-corrected chi connectivity index (χ1v) is 47.2. The lowest BCUT2D eigenvalue weighted by Crippen LogP contribution is -2.30. The molecule has 6 atom stereocenters. The van der Waals surface area contributed by atoms with Gasteiger partial charge < -0.3 is 33.8 Å². The van der Waals surface area contributed by atoms with Crippen LogP contribution in [-0.4, -0.2) is 96.7 Å². The molecule has 0 aromatic rings. The summed E-state index contributed by atoms with van der Waals surface area (Å²) >= 11 is 0. The topological polar surface area (TPSA) is 237 Å². The van der Waals surface area contributed by atoms with Gasteiger partial charge in [0.15, 0.2) is 12.2 Å². The number of ether oxygens (including phenoxy) is 4. The Morgan fingerprint density at radius 3 is 0.683 bits per heavy atom. The lowest BCUT2D eigenvalue weighted by molar-refractivity contribution is -0.161. The number of hydrogen-bond donors (Lipinski definition) is 3. The van der Waals surface area contributed by atoms with Gasteiger partial charge in [-0.15, -0.1) is 0 Å². The normalized spacial score (nSPS) is 14.0. The van der Waals surface area contributed by atoms with E-state index in [1.54, 1.807) is 0 Å². The molecule has 0 rings (SSSR count). The number of carbonyl (C=O) groups is 4. The molecule has 0 aliphatic rings. The fraction of sp³-hybridized carbons (Fsp3) is 0.953. The van der Waals surface area contributed by atoms with E-state index in [9.17, 15) is 43.2 Å². The van der Waals surface area contributed by atoms with Crippen molar-refractivity contribution < 1.29 is 80.2 Å². The molecule has 0 heterocycles. The second-order valence-electron chi connectivity index (χ2n) is 30.8. The molecule has 0 spiro atoms. The maximum atomic E-state index is 13.1. The zero-order valence-corrected chi connectivity index (χ0v) is 70.0. The third-order valence-corrected chi connectivity index (χ3v) is 22.3. The fourth-order valence-corrected chi connectivity index (χ4v) is 14.8. The molecule has 618 valence electrons. The van der Waals surface area contributed by atoms with Crippen LogP contribution in [0.5, 0.6) is 0 Å². The Morgan fingerprint density at radius 1 is 0.269 bits per heavy atom. The van der Waals surface area contributed by atoms with E-state index >= 15 is 0 Å². The number of phosphoric acid groups is 2. The zero-order valence-electron chi connectivity index (χ0n) is 68.2. The predicted molar refractivity (Wildman–Crippen MR) is 428 cm³/mol. The van der Waals surface area contributed by atoms with Crippen LogP contribution in [-0.2, 0) is 65.4 Å². The molecule has 0 saturated carbocycles. The van der Waals surface area contributed by atoms with Crippen molar-refractivity contribution in [2.45, 2.75) is 477 Å². The highest BCUT2D eigenvalue weighted by Crippen LogP contribution is 2.45. The number of esters is 4. The molecular weight excluding hydrogens is 1350 g/mol.